The predicted octanol–water partition coefficient (Wildman–Crippen LogP) is 0.967. The van der Waals surface area contributed by atoms with Crippen LogP contribution < -0.4 is 10.6 Å². The molecule has 118 valence electrons. The summed E-state index contributed by atoms with van der Waals surface area (Å²) >= 11 is 1.83. The van der Waals surface area contributed by atoms with Crippen molar-refractivity contribution in [3.8, 4) is 0 Å². The van der Waals surface area contributed by atoms with Crippen molar-refractivity contribution in [2.24, 2.45) is 4.99 Å². The van der Waals surface area contributed by atoms with E-state index >= 15 is 0 Å². The van der Waals surface area contributed by atoms with E-state index in [0.717, 1.165) is 38.7 Å². The number of nitrogens with one attached hydrogen (secondary N) is 2. The lowest BCUT2D eigenvalue weighted by molar-refractivity contribution is 0.116. The van der Waals surface area contributed by atoms with Gasteiger partial charge in [-0.3, -0.25) is 9.89 Å². The SMILES string of the molecule is CN=C(NCc1ccc(C)s1)NCC1CN(C)CCN1C. The second-order valence-electron chi connectivity index (χ2n) is 5.72. The van der Waals surface area contributed by atoms with Crippen LogP contribution in [0.3, 0.4) is 0 Å². The molecule has 0 aliphatic carbocycles. The van der Waals surface area contributed by atoms with Crippen molar-refractivity contribution in [3.05, 3.63) is 21.9 Å². The van der Waals surface area contributed by atoms with Gasteiger partial charge in [0, 0.05) is 49.0 Å². The zero-order chi connectivity index (χ0) is 15.2. The first-order valence-electron chi connectivity index (χ1n) is 7.47. The molecular formula is C15H27N5S. The Balaban J connectivity index is 1.77. The number of likely N-dealkylation sites (N-methyl/N-ethyl adjacent to an activating group) is 2. The van der Waals surface area contributed by atoms with Crippen LogP contribution in [0.4, 0.5) is 0 Å². The molecule has 0 radical (unpaired) electrons. The summed E-state index contributed by atoms with van der Waals surface area (Å²) in [5.41, 5.74) is 0. The first kappa shape index (κ1) is 16.3. The highest BCUT2D eigenvalue weighted by atomic mass is 32.1. The van der Waals surface area contributed by atoms with Crippen LogP contribution in [0.1, 0.15) is 9.75 Å². The lowest BCUT2D eigenvalue weighted by Gasteiger charge is -2.37. The van der Waals surface area contributed by atoms with E-state index in [-0.39, 0.29) is 0 Å². The molecule has 1 aromatic rings. The van der Waals surface area contributed by atoms with Gasteiger partial charge in [-0.15, -0.1) is 11.3 Å². The van der Waals surface area contributed by atoms with Crippen LogP contribution in [0.5, 0.6) is 0 Å². The van der Waals surface area contributed by atoms with Crippen molar-refractivity contribution in [1.29, 1.82) is 0 Å². The number of hydrogen-bond acceptors (Lipinski definition) is 4. The van der Waals surface area contributed by atoms with Crippen molar-refractivity contribution in [1.82, 2.24) is 20.4 Å². The van der Waals surface area contributed by atoms with Gasteiger partial charge in [0.15, 0.2) is 5.96 Å². The molecule has 0 amide bonds. The molecule has 2 heterocycles. The fourth-order valence-corrected chi connectivity index (χ4v) is 3.34. The Bertz CT molecular complexity index is 470. The van der Waals surface area contributed by atoms with Crippen LogP contribution in [-0.4, -0.2) is 69.1 Å². The van der Waals surface area contributed by atoms with Gasteiger partial charge in [-0.25, -0.2) is 0 Å². The van der Waals surface area contributed by atoms with Crippen LogP contribution in [-0.2, 0) is 6.54 Å². The van der Waals surface area contributed by atoms with E-state index in [4.69, 9.17) is 0 Å². The van der Waals surface area contributed by atoms with Gasteiger partial charge in [0.1, 0.15) is 0 Å². The second kappa shape index (κ2) is 7.77. The summed E-state index contributed by atoms with van der Waals surface area (Å²) in [6, 6.07) is 4.86. The number of rotatable bonds is 4. The molecule has 0 spiro atoms. The maximum absolute atomic E-state index is 4.31. The average molecular weight is 309 g/mol. The molecule has 21 heavy (non-hydrogen) atoms. The van der Waals surface area contributed by atoms with Gasteiger partial charge in [0.2, 0.25) is 0 Å². The molecule has 1 saturated heterocycles. The largest absolute Gasteiger partial charge is 0.355 e. The third kappa shape index (κ3) is 4.98. The van der Waals surface area contributed by atoms with E-state index in [2.05, 4.69) is 58.6 Å². The lowest BCUT2D eigenvalue weighted by atomic mass is 10.2. The Morgan fingerprint density at radius 1 is 1.33 bits per heavy atom. The number of guanidine groups is 1. The minimum absolute atomic E-state index is 0.534. The molecule has 1 aromatic heterocycles. The Kier molecular flexibility index (Phi) is 6.02. The third-order valence-corrected chi connectivity index (χ3v) is 4.94. The first-order valence-corrected chi connectivity index (χ1v) is 8.28. The van der Waals surface area contributed by atoms with E-state index in [1.165, 1.54) is 9.75 Å². The third-order valence-electron chi connectivity index (χ3n) is 3.94. The van der Waals surface area contributed by atoms with Gasteiger partial charge in [0.05, 0.1) is 6.54 Å². The fourth-order valence-electron chi connectivity index (χ4n) is 2.51. The first-order chi connectivity index (χ1) is 10.1. The topological polar surface area (TPSA) is 42.9 Å². The Morgan fingerprint density at radius 2 is 2.14 bits per heavy atom. The number of thiophene rings is 1. The summed E-state index contributed by atoms with van der Waals surface area (Å²) < 4.78 is 0. The van der Waals surface area contributed by atoms with Crippen LogP contribution in [0.25, 0.3) is 0 Å². The molecule has 1 fully saturated rings. The van der Waals surface area contributed by atoms with Gasteiger partial charge in [-0.05, 0) is 33.2 Å². The van der Waals surface area contributed by atoms with Gasteiger partial charge in [-0.2, -0.15) is 0 Å². The Labute approximate surface area is 132 Å². The maximum Gasteiger partial charge on any atom is 0.191 e. The molecule has 1 aliphatic rings. The lowest BCUT2D eigenvalue weighted by Crippen LogP contribution is -2.55. The van der Waals surface area contributed by atoms with Crippen molar-refractivity contribution >= 4 is 17.3 Å². The second-order valence-corrected chi connectivity index (χ2v) is 7.09. The summed E-state index contributed by atoms with van der Waals surface area (Å²) in [5.74, 6) is 0.877. The molecule has 1 aliphatic heterocycles. The van der Waals surface area contributed by atoms with E-state index in [1.807, 2.05) is 18.4 Å². The number of nitrogens with zero attached hydrogens (tertiary/aromatic N) is 3. The van der Waals surface area contributed by atoms with Gasteiger partial charge in [0.25, 0.3) is 0 Å². The molecule has 0 aromatic carbocycles. The smallest absolute Gasteiger partial charge is 0.191 e. The van der Waals surface area contributed by atoms with E-state index < -0.39 is 0 Å². The molecule has 2 rings (SSSR count). The summed E-state index contributed by atoms with van der Waals surface area (Å²) in [4.78, 5) is 11.8. The quantitative estimate of drug-likeness (QED) is 0.642. The van der Waals surface area contributed by atoms with Crippen molar-refractivity contribution in [3.63, 3.8) is 0 Å². The molecule has 1 atom stereocenters. The standard InChI is InChI=1S/C15H27N5S/c1-12-5-6-14(21-12)10-18-15(16-2)17-9-13-11-19(3)7-8-20(13)4/h5-6,13H,7-11H2,1-4H3,(H2,16,17,18). The normalized spacial score (nSPS) is 21.5. The Morgan fingerprint density at radius 3 is 2.81 bits per heavy atom. The number of piperazine rings is 1. The molecule has 6 heteroatoms. The number of aliphatic imine (C=N–C) groups is 1. The molecule has 0 saturated carbocycles. The van der Waals surface area contributed by atoms with Crippen LogP contribution >= 0.6 is 11.3 Å². The predicted molar refractivity (Wildman–Crippen MR) is 91.2 cm³/mol. The minimum Gasteiger partial charge on any atom is -0.355 e. The van der Waals surface area contributed by atoms with Crippen molar-refractivity contribution in [2.45, 2.75) is 19.5 Å². The summed E-state index contributed by atoms with van der Waals surface area (Å²) in [6.45, 7) is 7.27. The summed E-state index contributed by atoms with van der Waals surface area (Å²) in [5, 5.41) is 6.82. The monoisotopic (exact) mass is 309 g/mol. The highest BCUT2D eigenvalue weighted by Crippen LogP contribution is 2.14. The highest BCUT2D eigenvalue weighted by molar-refractivity contribution is 7.11. The van der Waals surface area contributed by atoms with Crippen LogP contribution in [0, 0.1) is 6.92 Å². The van der Waals surface area contributed by atoms with E-state index in [1.54, 1.807) is 0 Å². The van der Waals surface area contributed by atoms with Crippen LogP contribution in [0.15, 0.2) is 17.1 Å². The number of hydrogen-bond donors (Lipinski definition) is 2. The summed E-state index contributed by atoms with van der Waals surface area (Å²) in [6.07, 6.45) is 0. The van der Waals surface area contributed by atoms with Gasteiger partial charge in [-0.1, -0.05) is 0 Å². The average Bonchev–Trinajstić information content (AvgIpc) is 2.88. The Hall–Kier alpha value is -1.11. The summed E-state index contributed by atoms with van der Waals surface area (Å²) in [7, 11) is 6.21. The van der Waals surface area contributed by atoms with E-state index in [0.29, 0.717) is 6.04 Å². The van der Waals surface area contributed by atoms with Gasteiger partial charge < -0.3 is 15.5 Å². The van der Waals surface area contributed by atoms with Crippen molar-refractivity contribution in [2.75, 3.05) is 47.3 Å². The highest BCUT2D eigenvalue weighted by Gasteiger charge is 2.21. The minimum atomic E-state index is 0.534. The molecule has 5 nitrogen and oxygen atoms in total. The molecule has 0 bridgehead atoms. The fraction of sp³-hybridized carbons (Fsp3) is 0.667. The zero-order valence-corrected chi connectivity index (χ0v) is 14.3. The van der Waals surface area contributed by atoms with Crippen molar-refractivity contribution < 1.29 is 0 Å². The molecule has 2 N–H and O–H groups in total. The number of aryl methyl sites for hydroxylation is 1. The zero-order valence-electron chi connectivity index (χ0n) is 13.5. The maximum atomic E-state index is 4.31. The molecule has 1 unspecified atom stereocenters. The molecular weight excluding hydrogens is 282 g/mol. The van der Waals surface area contributed by atoms with Crippen LogP contribution in [0.2, 0.25) is 0 Å². The van der Waals surface area contributed by atoms with Gasteiger partial charge >= 0.3 is 0 Å². The van der Waals surface area contributed by atoms with E-state index in [9.17, 15) is 0 Å².